The number of nitrogens with zero attached hydrogens (tertiary/aromatic N) is 1. The summed E-state index contributed by atoms with van der Waals surface area (Å²) in [6, 6.07) is 13.4. The van der Waals surface area contributed by atoms with Crippen LogP contribution in [0.3, 0.4) is 0 Å². The number of benzene rings is 2. The molecule has 13 heteroatoms. The zero-order valence-corrected chi connectivity index (χ0v) is 23.3. The van der Waals surface area contributed by atoms with Crippen molar-refractivity contribution in [1.29, 1.82) is 5.41 Å². The third-order valence-electron chi connectivity index (χ3n) is 6.28. The quantitative estimate of drug-likeness (QED) is 0.0390. The molecule has 0 spiro atoms. The van der Waals surface area contributed by atoms with Gasteiger partial charge in [-0.15, -0.1) is 6.58 Å². The second-order valence-electron chi connectivity index (χ2n) is 9.56. The van der Waals surface area contributed by atoms with Crippen LogP contribution >= 0.6 is 0 Å². The lowest BCUT2D eigenvalue weighted by molar-refractivity contribution is -0.138. The van der Waals surface area contributed by atoms with E-state index in [4.69, 9.17) is 28.3 Å². The maximum absolute atomic E-state index is 13.6. The van der Waals surface area contributed by atoms with Gasteiger partial charge in [-0.1, -0.05) is 60.7 Å². The first kappa shape index (κ1) is 33.0. The van der Waals surface area contributed by atoms with E-state index in [2.05, 4.69) is 27.5 Å². The van der Waals surface area contributed by atoms with Gasteiger partial charge in [-0.2, -0.15) is 0 Å². The van der Waals surface area contributed by atoms with Crippen molar-refractivity contribution in [3.8, 4) is 0 Å². The van der Waals surface area contributed by atoms with Crippen LogP contribution < -0.4 is 38.9 Å². The highest BCUT2D eigenvalue weighted by molar-refractivity contribution is 6.02. The summed E-state index contributed by atoms with van der Waals surface area (Å²) in [5.74, 6) is -4.06. The first-order valence-corrected chi connectivity index (χ1v) is 13.3. The van der Waals surface area contributed by atoms with Crippen LogP contribution in [0.15, 0.2) is 72.2 Å². The van der Waals surface area contributed by atoms with Crippen molar-refractivity contribution in [3.05, 3.63) is 83.9 Å². The van der Waals surface area contributed by atoms with Gasteiger partial charge in [0.05, 0.1) is 0 Å². The van der Waals surface area contributed by atoms with E-state index < -0.39 is 41.6 Å². The second kappa shape index (κ2) is 16.8. The van der Waals surface area contributed by atoms with Gasteiger partial charge in [-0.05, 0) is 30.4 Å². The van der Waals surface area contributed by atoms with E-state index in [1.807, 2.05) is 6.07 Å². The van der Waals surface area contributed by atoms with Crippen LogP contribution in [0.4, 0.5) is 0 Å². The van der Waals surface area contributed by atoms with Gasteiger partial charge in [0, 0.05) is 25.1 Å². The van der Waals surface area contributed by atoms with Crippen LogP contribution in [-0.4, -0.2) is 60.6 Å². The standard InChI is InChI=1S/C29H39N9O4/c1-2-14-35-26(40)21(16-19-10-12-20(13-11-19)24(30)31)27(41)38-23(17-18-7-4-3-5-8-18)28(42)37-22(25(32)39)9-6-15-36-29(33)34/h2-5,7-8,10-13,21-23H,1,6,9,14-17H2,(H3,30,31)(H2,32,39)(H,35,40)(H,37,42)(H,38,41)(H4,33,34,36)/t21?,22-,23?/m0/s1. The third kappa shape index (κ3) is 11.1. The summed E-state index contributed by atoms with van der Waals surface area (Å²) in [6.45, 7) is 3.96. The molecule has 0 saturated carbocycles. The monoisotopic (exact) mass is 577 g/mol. The number of rotatable bonds is 17. The molecular formula is C29H39N9O4. The summed E-state index contributed by atoms with van der Waals surface area (Å²) >= 11 is 0. The van der Waals surface area contributed by atoms with E-state index in [0.29, 0.717) is 17.5 Å². The molecule has 0 fully saturated rings. The zero-order chi connectivity index (χ0) is 31.1. The molecule has 2 aromatic rings. The molecule has 0 aromatic heterocycles. The van der Waals surface area contributed by atoms with Gasteiger partial charge >= 0.3 is 0 Å². The molecule has 42 heavy (non-hydrogen) atoms. The number of nitrogens with two attached hydrogens (primary N) is 4. The van der Waals surface area contributed by atoms with Gasteiger partial charge < -0.3 is 38.9 Å². The third-order valence-corrected chi connectivity index (χ3v) is 6.28. The van der Waals surface area contributed by atoms with E-state index in [0.717, 1.165) is 5.56 Å². The SMILES string of the molecule is C=CCNC(=O)C(Cc1ccc(C(=N)N)cc1)C(=O)NC(Cc1ccccc1)C(=O)N[C@@H](CCCN=C(N)N)C(N)=O. The van der Waals surface area contributed by atoms with E-state index in [1.54, 1.807) is 48.5 Å². The van der Waals surface area contributed by atoms with Crippen molar-refractivity contribution in [2.45, 2.75) is 37.8 Å². The average Bonchev–Trinajstić information content (AvgIpc) is 2.96. The van der Waals surface area contributed by atoms with Gasteiger partial charge in [0.2, 0.25) is 23.6 Å². The minimum atomic E-state index is -1.20. The maximum Gasteiger partial charge on any atom is 0.243 e. The van der Waals surface area contributed by atoms with E-state index in [1.165, 1.54) is 6.08 Å². The number of hydrogen-bond donors (Lipinski definition) is 8. The molecule has 0 aliphatic carbocycles. The summed E-state index contributed by atoms with van der Waals surface area (Å²) in [7, 11) is 0. The molecule has 13 nitrogen and oxygen atoms in total. The number of nitrogen functional groups attached to an aromatic ring is 1. The van der Waals surface area contributed by atoms with Crippen LogP contribution in [0, 0.1) is 11.3 Å². The number of carbonyl (C=O) groups is 4. The zero-order valence-electron chi connectivity index (χ0n) is 23.3. The Hall–Kier alpha value is -5.20. The molecule has 0 aliphatic rings. The topological polar surface area (TPSA) is 245 Å². The Kier molecular flexibility index (Phi) is 13.2. The molecule has 0 heterocycles. The Morgan fingerprint density at radius 2 is 1.45 bits per heavy atom. The molecule has 0 radical (unpaired) electrons. The Morgan fingerprint density at radius 1 is 0.833 bits per heavy atom. The van der Waals surface area contributed by atoms with E-state index >= 15 is 0 Å². The van der Waals surface area contributed by atoms with Crippen molar-refractivity contribution in [2.75, 3.05) is 13.1 Å². The van der Waals surface area contributed by atoms with Gasteiger partial charge in [0.15, 0.2) is 5.96 Å². The lowest BCUT2D eigenvalue weighted by Gasteiger charge is -2.24. The van der Waals surface area contributed by atoms with E-state index in [9.17, 15) is 19.2 Å². The maximum atomic E-state index is 13.6. The predicted octanol–water partition coefficient (Wildman–Crippen LogP) is -0.817. The number of guanidine groups is 1. The number of primary amides is 1. The lowest BCUT2D eigenvalue weighted by atomic mass is 9.95. The van der Waals surface area contributed by atoms with Gasteiger partial charge in [0.1, 0.15) is 23.8 Å². The fourth-order valence-corrected chi connectivity index (χ4v) is 4.05. The Morgan fingerprint density at radius 3 is 2.02 bits per heavy atom. The van der Waals surface area contributed by atoms with Crippen molar-refractivity contribution in [2.24, 2.45) is 33.8 Å². The van der Waals surface area contributed by atoms with Crippen molar-refractivity contribution in [1.82, 2.24) is 16.0 Å². The predicted molar refractivity (Wildman–Crippen MR) is 161 cm³/mol. The number of amidine groups is 1. The number of hydrogen-bond acceptors (Lipinski definition) is 6. The molecule has 224 valence electrons. The number of amides is 4. The first-order chi connectivity index (χ1) is 20.0. The minimum Gasteiger partial charge on any atom is -0.384 e. The molecular weight excluding hydrogens is 538 g/mol. The molecule has 2 rings (SSSR count). The molecule has 0 bridgehead atoms. The second-order valence-corrected chi connectivity index (χ2v) is 9.56. The number of nitrogens with one attached hydrogen (secondary N) is 4. The minimum absolute atomic E-state index is 0.0153. The van der Waals surface area contributed by atoms with Crippen LogP contribution in [0.2, 0.25) is 0 Å². The highest BCUT2D eigenvalue weighted by Gasteiger charge is 2.32. The van der Waals surface area contributed by atoms with Crippen molar-refractivity contribution < 1.29 is 19.2 Å². The van der Waals surface area contributed by atoms with E-state index in [-0.39, 0.29) is 44.1 Å². The van der Waals surface area contributed by atoms with Gasteiger partial charge in [0.25, 0.3) is 0 Å². The van der Waals surface area contributed by atoms with Crippen molar-refractivity contribution in [3.63, 3.8) is 0 Å². The molecule has 12 N–H and O–H groups in total. The largest absolute Gasteiger partial charge is 0.384 e. The van der Waals surface area contributed by atoms with Gasteiger partial charge in [-0.3, -0.25) is 29.6 Å². The summed E-state index contributed by atoms with van der Waals surface area (Å²) in [6.07, 6.45) is 2.13. The molecule has 2 aromatic carbocycles. The van der Waals surface area contributed by atoms with Crippen molar-refractivity contribution >= 4 is 35.4 Å². The normalized spacial score (nSPS) is 12.6. The molecule has 0 saturated heterocycles. The number of aliphatic imine (C=N–C) groups is 1. The average molecular weight is 578 g/mol. The Balaban J connectivity index is 2.29. The van der Waals surface area contributed by atoms with Crippen LogP contribution in [0.5, 0.6) is 0 Å². The smallest absolute Gasteiger partial charge is 0.243 e. The summed E-state index contributed by atoms with van der Waals surface area (Å²) in [5, 5.41) is 15.5. The Labute approximate surface area is 244 Å². The molecule has 4 amide bonds. The number of carbonyl (C=O) groups excluding carboxylic acids is 4. The highest BCUT2D eigenvalue weighted by Crippen LogP contribution is 2.13. The highest BCUT2D eigenvalue weighted by atomic mass is 16.2. The molecule has 2 unspecified atom stereocenters. The van der Waals surface area contributed by atoms with Crippen LogP contribution in [0.1, 0.15) is 29.5 Å². The summed E-state index contributed by atoms with van der Waals surface area (Å²) < 4.78 is 0. The Bertz CT molecular complexity index is 1280. The van der Waals surface area contributed by atoms with Crippen LogP contribution in [-0.2, 0) is 32.0 Å². The summed E-state index contributed by atoms with van der Waals surface area (Å²) in [4.78, 5) is 56.0. The molecule has 3 atom stereocenters. The first-order valence-electron chi connectivity index (χ1n) is 13.3. The lowest BCUT2D eigenvalue weighted by Crippen LogP contribution is -2.55. The van der Waals surface area contributed by atoms with Crippen LogP contribution in [0.25, 0.3) is 0 Å². The fraction of sp³-hybridized carbons (Fsp3) is 0.310. The summed E-state index contributed by atoms with van der Waals surface area (Å²) in [5.41, 5.74) is 23.6. The van der Waals surface area contributed by atoms with Gasteiger partial charge in [-0.25, -0.2) is 0 Å². The molecule has 0 aliphatic heterocycles. The fourth-order valence-electron chi connectivity index (χ4n) is 4.05.